The van der Waals surface area contributed by atoms with Gasteiger partial charge in [0.05, 0.1) is 5.25 Å². The summed E-state index contributed by atoms with van der Waals surface area (Å²) in [4.78, 5) is 13.4. The van der Waals surface area contributed by atoms with Crippen LogP contribution in [0.2, 0.25) is 5.02 Å². The second-order valence-electron chi connectivity index (χ2n) is 5.30. The third kappa shape index (κ3) is 6.80. The highest BCUT2D eigenvalue weighted by atomic mass is 35.5. The lowest BCUT2D eigenvalue weighted by Crippen LogP contribution is -2.33. The lowest BCUT2D eigenvalue weighted by Gasteiger charge is -2.14. The molecule has 128 valence electrons. The van der Waals surface area contributed by atoms with Gasteiger partial charge in [-0.05, 0) is 36.2 Å². The average molecular weight is 380 g/mol. The molecule has 5 heteroatoms. The van der Waals surface area contributed by atoms with Gasteiger partial charge in [0.25, 0.3) is 0 Å². The standard InChI is InChI=1S/C19H22ClNOS2/c1-2-18(24-17-10-8-16(20)9-11-17)19(22)21-12-13-23-14-15-6-4-3-5-7-15/h3-11,18H,2,12-14H2,1H3,(H,21,22)/t18-/m1/s1. The number of benzene rings is 2. The first-order valence-electron chi connectivity index (χ1n) is 8.00. The predicted octanol–water partition coefficient (Wildman–Crippen LogP) is 5.26. The van der Waals surface area contributed by atoms with Gasteiger partial charge in [-0.3, -0.25) is 4.79 Å². The Labute approximate surface area is 157 Å². The molecule has 2 aromatic rings. The molecule has 1 amide bonds. The summed E-state index contributed by atoms with van der Waals surface area (Å²) < 4.78 is 0. The van der Waals surface area contributed by atoms with E-state index in [-0.39, 0.29) is 11.2 Å². The molecule has 2 aromatic carbocycles. The van der Waals surface area contributed by atoms with Gasteiger partial charge < -0.3 is 5.32 Å². The number of hydrogen-bond acceptors (Lipinski definition) is 3. The van der Waals surface area contributed by atoms with E-state index in [0.29, 0.717) is 11.6 Å². The minimum Gasteiger partial charge on any atom is -0.354 e. The molecule has 0 unspecified atom stereocenters. The van der Waals surface area contributed by atoms with Crippen molar-refractivity contribution in [1.29, 1.82) is 0 Å². The molecular formula is C19H22ClNOS2. The Balaban J connectivity index is 1.68. The molecule has 24 heavy (non-hydrogen) atoms. The summed E-state index contributed by atoms with van der Waals surface area (Å²) >= 11 is 9.32. The number of carbonyl (C=O) groups is 1. The van der Waals surface area contributed by atoms with Crippen LogP contribution in [-0.4, -0.2) is 23.5 Å². The van der Waals surface area contributed by atoms with E-state index in [1.165, 1.54) is 5.56 Å². The zero-order valence-electron chi connectivity index (χ0n) is 13.7. The lowest BCUT2D eigenvalue weighted by atomic mass is 10.2. The van der Waals surface area contributed by atoms with Crippen LogP contribution in [0.5, 0.6) is 0 Å². The first-order valence-corrected chi connectivity index (χ1v) is 10.4. The van der Waals surface area contributed by atoms with Gasteiger partial charge in [0.15, 0.2) is 0 Å². The Kier molecular flexibility index (Phi) is 8.57. The number of amides is 1. The van der Waals surface area contributed by atoms with E-state index in [2.05, 4.69) is 29.6 Å². The summed E-state index contributed by atoms with van der Waals surface area (Å²) in [7, 11) is 0. The Bertz CT molecular complexity index is 619. The molecule has 1 atom stereocenters. The SMILES string of the molecule is CC[C@@H](Sc1ccc(Cl)cc1)C(=O)NCCSCc1ccccc1. The Morgan fingerprint density at radius 2 is 1.83 bits per heavy atom. The van der Waals surface area contributed by atoms with Crippen molar-refractivity contribution in [3.8, 4) is 0 Å². The molecule has 0 heterocycles. The van der Waals surface area contributed by atoms with E-state index in [9.17, 15) is 4.79 Å². The Hall–Kier alpha value is -1.10. The molecule has 0 saturated carbocycles. The third-order valence-corrected chi connectivity index (χ3v) is 6.07. The largest absolute Gasteiger partial charge is 0.354 e. The minimum absolute atomic E-state index is 0.0645. The second kappa shape index (κ2) is 10.7. The molecule has 0 aliphatic heterocycles. The van der Waals surface area contributed by atoms with Crippen molar-refractivity contribution in [1.82, 2.24) is 5.32 Å². The number of rotatable bonds is 9. The minimum atomic E-state index is -0.0645. The van der Waals surface area contributed by atoms with Crippen molar-refractivity contribution in [2.45, 2.75) is 29.2 Å². The van der Waals surface area contributed by atoms with Crippen LogP contribution < -0.4 is 5.32 Å². The monoisotopic (exact) mass is 379 g/mol. The van der Waals surface area contributed by atoms with E-state index in [0.717, 1.165) is 22.8 Å². The maximum absolute atomic E-state index is 12.3. The van der Waals surface area contributed by atoms with Crippen molar-refractivity contribution in [2.24, 2.45) is 0 Å². The first kappa shape index (κ1) is 19.2. The molecule has 1 N–H and O–H groups in total. The molecule has 0 aliphatic rings. The number of hydrogen-bond donors (Lipinski definition) is 1. The van der Waals surface area contributed by atoms with E-state index in [1.807, 2.05) is 49.0 Å². The summed E-state index contributed by atoms with van der Waals surface area (Å²) in [6.07, 6.45) is 0.802. The van der Waals surface area contributed by atoms with Crippen LogP contribution in [0.1, 0.15) is 18.9 Å². The molecular weight excluding hydrogens is 358 g/mol. The van der Waals surface area contributed by atoms with Gasteiger partial charge in [0, 0.05) is 28.0 Å². The quantitative estimate of drug-likeness (QED) is 0.476. The smallest absolute Gasteiger partial charge is 0.233 e. The topological polar surface area (TPSA) is 29.1 Å². The molecule has 0 fully saturated rings. The number of carbonyl (C=O) groups excluding carboxylic acids is 1. The van der Waals surface area contributed by atoms with Gasteiger partial charge in [-0.2, -0.15) is 11.8 Å². The molecule has 0 bridgehead atoms. The van der Waals surface area contributed by atoms with Gasteiger partial charge in [-0.25, -0.2) is 0 Å². The number of thioether (sulfide) groups is 2. The van der Waals surface area contributed by atoms with Crippen LogP contribution in [0, 0.1) is 0 Å². The van der Waals surface area contributed by atoms with E-state index in [1.54, 1.807) is 11.8 Å². The van der Waals surface area contributed by atoms with Gasteiger partial charge >= 0.3 is 0 Å². The molecule has 2 rings (SSSR count). The van der Waals surface area contributed by atoms with E-state index in [4.69, 9.17) is 11.6 Å². The first-order chi connectivity index (χ1) is 11.7. The fourth-order valence-electron chi connectivity index (χ4n) is 2.12. The van der Waals surface area contributed by atoms with Crippen LogP contribution in [0.4, 0.5) is 0 Å². The fourth-order valence-corrected chi connectivity index (χ4v) is 4.05. The Morgan fingerprint density at radius 3 is 2.50 bits per heavy atom. The van der Waals surface area contributed by atoms with Crippen molar-refractivity contribution in [2.75, 3.05) is 12.3 Å². The Morgan fingerprint density at radius 1 is 1.12 bits per heavy atom. The molecule has 0 radical (unpaired) electrons. The summed E-state index contributed by atoms with van der Waals surface area (Å²) in [6.45, 7) is 2.74. The second-order valence-corrected chi connectivity index (χ2v) is 8.12. The summed E-state index contributed by atoms with van der Waals surface area (Å²) in [6, 6.07) is 18.0. The van der Waals surface area contributed by atoms with E-state index >= 15 is 0 Å². The normalized spacial score (nSPS) is 11.9. The highest BCUT2D eigenvalue weighted by Gasteiger charge is 2.17. The van der Waals surface area contributed by atoms with Gasteiger partial charge in [-0.1, -0.05) is 48.9 Å². The van der Waals surface area contributed by atoms with Gasteiger partial charge in [0.1, 0.15) is 0 Å². The summed E-state index contributed by atoms with van der Waals surface area (Å²) in [5.74, 6) is 2.01. The zero-order valence-corrected chi connectivity index (χ0v) is 16.1. The zero-order chi connectivity index (χ0) is 17.2. The van der Waals surface area contributed by atoms with Crippen LogP contribution >= 0.6 is 35.1 Å². The molecule has 2 nitrogen and oxygen atoms in total. The highest BCUT2D eigenvalue weighted by Crippen LogP contribution is 2.26. The third-order valence-electron chi connectivity index (χ3n) is 3.41. The van der Waals surface area contributed by atoms with Crippen LogP contribution in [0.15, 0.2) is 59.5 Å². The lowest BCUT2D eigenvalue weighted by molar-refractivity contribution is -0.120. The average Bonchev–Trinajstić information content (AvgIpc) is 2.61. The van der Waals surface area contributed by atoms with E-state index < -0.39 is 0 Å². The van der Waals surface area contributed by atoms with Crippen LogP contribution in [0.25, 0.3) is 0 Å². The van der Waals surface area contributed by atoms with Crippen LogP contribution in [0.3, 0.4) is 0 Å². The summed E-state index contributed by atoms with van der Waals surface area (Å²) in [5.41, 5.74) is 1.32. The number of nitrogens with one attached hydrogen (secondary N) is 1. The fraction of sp³-hybridized carbons (Fsp3) is 0.316. The van der Waals surface area contributed by atoms with Crippen molar-refractivity contribution in [3.05, 3.63) is 65.2 Å². The van der Waals surface area contributed by atoms with Gasteiger partial charge in [0.2, 0.25) is 5.91 Å². The van der Waals surface area contributed by atoms with Gasteiger partial charge in [-0.15, -0.1) is 11.8 Å². The van der Waals surface area contributed by atoms with Crippen molar-refractivity contribution < 1.29 is 4.79 Å². The molecule has 0 aromatic heterocycles. The highest BCUT2D eigenvalue weighted by molar-refractivity contribution is 8.00. The maximum Gasteiger partial charge on any atom is 0.233 e. The molecule has 0 spiro atoms. The van der Waals surface area contributed by atoms with Crippen molar-refractivity contribution in [3.63, 3.8) is 0 Å². The van der Waals surface area contributed by atoms with Crippen molar-refractivity contribution >= 4 is 41.0 Å². The predicted molar refractivity (Wildman–Crippen MR) is 107 cm³/mol. The van der Waals surface area contributed by atoms with Crippen LogP contribution in [-0.2, 0) is 10.5 Å². The summed E-state index contributed by atoms with van der Waals surface area (Å²) in [5, 5.41) is 3.70. The maximum atomic E-state index is 12.3. The number of halogens is 1. The molecule has 0 saturated heterocycles. The molecule has 0 aliphatic carbocycles.